The van der Waals surface area contributed by atoms with Crippen molar-refractivity contribution in [2.24, 2.45) is 0 Å². The van der Waals surface area contributed by atoms with E-state index >= 15 is 0 Å². The summed E-state index contributed by atoms with van der Waals surface area (Å²) in [4.78, 5) is 2.44. The van der Waals surface area contributed by atoms with Gasteiger partial charge in [0.05, 0.1) is 0 Å². The van der Waals surface area contributed by atoms with Gasteiger partial charge in [-0.05, 0) is 25.1 Å². The quantitative estimate of drug-likeness (QED) is 0.779. The van der Waals surface area contributed by atoms with E-state index in [9.17, 15) is 0 Å². The molecule has 1 aliphatic rings. The topological polar surface area (TPSA) is 15.3 Å². The second-order valence-corrected chi connectivity index (χ2v) is 3.87. The third-order valence-corrected chi connectivity index (χ3v) is 3.00. The van der Waals surface area contributed by atoms with Crippen molar-refractivity contribution in [2.75, 3.05) is 25.0 Å². The summed E-state index contributed by atoms with van der Waals surface area (Å²) in [6.45, 7) is 4.51. The van der Waals surface area contributed by atoms with Crippen LogP contribution in [-0.4, -0.2) is 26.2 Å². The fraction of sp³-hybridized carbons (Fsp3) is 0.500. The molecule has 1 saturated heterocycles. The molecule has 2 rings (SSSR count). The van der Waals surface area contributed by atoms with Crippen LogP contribution in [0.5, 0.6) is 0 Å². The van der Waals surface area contributed by atoms with Gasteiger partial charge in [0.25, 0.3) is 0 Å². The molecule has 0 radical (unpaired) electrons. The molecule has 0 aliphatic carbocycles. The lowest BCUT2D eigenvalue weighted by Crippen LogP contribution is -2.57. The minimum atomic E-state index is 0.680. The summed E-state index contributed by atoms with van der Waals surface area (Å²) in [5, 5.41) is 3.30. The molecule has 2 nitrogen and oxygen atoms in total. The van der Waals surface area contributed by atoms with Crippen molar-refractivity contribution in [2.45, 2.75) is 19.4 Å². The Morgan fingerprint density at radius 2 is 2.07 bits per heavy atom. The molecule has 0 aromatic heterocycles. The predicted octanol–water partition coefficient (Wildman–Crippen LogP) is 1.66. The number of hydrogen-bond acceptors (Lipinski definition) is 2. The van der Waals surface area contributed by atoms with Crippen LogP contribution in [0.3, 0.4) is 0 Å². The number of anilines is 1. The molecule has 1 fully saturated rings. The zero-order valence-electron chi connectivity index (χ0n) is 8.96. The SMILES string of the molecule is CCc1ccccc1N1CC(NC)C1. The van der Waals surface area contributed by atoms with Crippen molar-refractivity contribution in [3.8, 4) is 0 Å². The van der Waals surface area contributed by atoms with Gasteiger partial charge in [0.1, 0.15) is 0 Å². The number of rotatable bonds is 3. The first-order valence-corrected chi connectivity index (χ1v) is 5.35. The van der Waals surface area contributed by atoms with Gasteiger partial charge in [-0.1, -0.05) is 25.1 Å². The van der Waals surface area contributed by atoms with Gasteiger partial charge in [-0.3, -0.25) is 0 Å². The standard InChI is InChI=1S/C12H18N2/c1-3-10-6-4-5-7-12(10)14-8-11(9-14)13-2/h4-7,11,13H,3,8-9H2,1-2H3. The number of likely N-dealkylation sites (N-methyl/N-ethyl adjacent to an activating group) is 1. The van der Waals surface area contributed by atoms with Crippen LogP contribution in [-0.2, 0) is 6.42 Å². The molecule has 0 bridgehead atoms. The normalized spacial score (nSPS) is 16.9. The number of benzene rings is 1. The molecule has 0 unspecified atom stereocenters. The monoisotopic (exact) mass is 190 g/mol. The van der Waals surface area contributed by atoms with Crippen LogP contribution in [0.4, 0.5) is 5.69 Å². The van der Waals surface area contributed by atoms with Crippen LogP contribution in [0.1, 0.15) is 12.5 Å². The fourth-order valence-corrected chi connectivity index (χ4v) is 1.98. The van der Waals surface area contributed by atoms with Crippen molar-refractivity contribution < 1.29 is 0 Å². The lowest BCUT2D eigenvalue weighted by Gasteiger charge is -2.41. The molecule has 0 atom stereocenters. The second-order valence-electron chi connectivity index (χ2n) is 3.87. The van der Waals surface area contributed by atoms with Gasteiger partial charge in [0, 0.05) is 24.8 Å². The fourth-order valence-electron chi connectivity index (χ4n) is 1.98. The maximum atomic E-state index is 3.30. The van der Waals surface area contributed by atoms with Gasteiger partial charge in [-0.25, -0.2) is 0 Å². The van der Waals surface area contributed by atoms with Crippen LogP contribution < -0.4 is 10.2 Å². The van der Waals surface area contributed by atoms with Crippen molar-refractivity contribution in [1.29, 1.82) is 0 Å². The number of aryl methyl sites for hydroxylation is 1. The van der Waals surface area contributed by atoms with Crippen LogP contribution in [0.2, 0.25) is 0 Å². The van der Waals surface area contributed by atoms with Gasteiger partial charge in [-0.15, -0.1) is 0 Å². The summed E-state index contributed by atoms with van der Waals surface area (Å²) in [7, 11) is 2.04. The number of nitrogens with zero attached hydrogens (tertiary/aromatic N) is 1. The Kier molecular flexibility index (Phi) is 2.73. The molecule has 76 valence electrons. The van der Waals surface area contributed by atoms with E-state index in [1.807, 2.05) is 7.05 Å². The Morgan fingerprint density at radius 3 is 2.71 bits per heavy atom. The van der Waals surface area contributed by atoms with E-state index in [1.165, 1.54) is 11.3 Å². The largest absolute Gasteiger partial charge is 0.368 e. The first-order valence-electron chi connectivity index (χ1n) is 5.35. The first-order chi connectivity index (χ1) is 6.85. The third kappa shape index (κ3) is 1.62. The molecule has 1 aromatic carbocycles. The minimum Gasteiger partial charge on any atom is -0.368 e. The number of para-hydroxylation sites is 1. The number of hydrogen-bond donors (Lipinski definition) is 1. The highest BCUT2D eigenvalue weighted by Crippen LogP contribution is 2.25. The average Bonchev–Trinajstić information content (AvgIpc) is 2.17. The molecule has 0 spiro atoms. The van der Waals surface area contributed by atoms with E-state index in [1.54, 1.807) is 0 Å². The molecule has 0 saturated carbocycles. The van der Waals surface area contributed by atoms with Gasteiger partial charge < -0.3 is 10.2 Å². The zero-order chi connectivity index (χ0) is 9.97. The Morgan fingerprint density at radius 1 is 1.36 bits per heavy atom. The van der Waals surface area contributed by atoms with Crippen molar-refractivity contribution in [3.05, 3.63) is 29.8 Å². The third-order valence-electron chi connectivity index (χ3n) is 3.00. The van der Waals surface area contributed by atoms with E-state index in [2.05, 4.69) is 41.4 Å². The average molecular weight is 190 g/mol. The van der Waals surface area contributed by atoms with Crippen LogP contribution in [0.15, 0.2) is 24.3 Å². The molecule has 14 heavy (non-hydrogen) atoms. The Bertz CT molecular complexity index is 303. The van der Waals surface area contributed by atoms with Crippen LogP contribution in [0, 0.1) is 0 Å². The highest BCUT2D eigenvalue weighted by atomic mass is 15.2. The lowest BCUT2D eigenvalue weighted by molar-refractivity contribution is 0.449. The lowest BCUT2D eigenvalue weighted by atomic mass is 10.0. The van der Waals surface area contributed by atoms with Crippen LogP contribution >= 0.6 is 0 Å². The number of nitrogens with one attached hydrogen (secondary N) is 1. The van der Waals surface area contributed by atoms with Crippen LogP contribution in [0.25, 0.3) is 0 Å². The maximum Gasteiger partial charge on any atom is 0.0418 e. The molecule has 1 heterocycles. The minimum absolute atomic E-state index is 0.680. The molecule has 0 amide bonds. The van der Waals surface area contributed by atoms with Crippen molar-refractivity contribution >= 4 is 5.69 Å². The Labute approximate surface area is 85.9 Å². The van der Waals surface area contributed by atoms with Gasteiger partial charge in [0.2, 0.25) is 0 Å². The van der Waals surface area contributed by atoms with E-state index < -0.39 is 0 Å². The van der Waals surface area contributed by atoms with E-state index in [-0.39, 0.29) is 0 Å². The van der Waals surface area contributed by atoms with Gasteiger partial charge >= 0.3 is 0 Å². The summed E-state index contributed by atoms with van der Waals surface area (Å²) >= 11 is 0. The summed E-state index contributed by atoms with van der Waals surface area (Å²) in [6.07, 6.45) is 1.12. The molecular formula is C12H18N2. The van der Waals surface area contributed by atoms with Gasteiger partial charge in [-0.2, -0.15) is 0 Å². The van der Waals surface area contributed by atoms with E-state index in [0.717, 1.165) is 19.5 Å². The Balaban J connectivity index is 2.10. The summed E-state index contributed by atoms with van der Waals surface area (Å²) < 4.78 is 0. The Hall–Kier alpha value is -1.02. The summed E-state index contributed by atoms with van der Waals surface area (Å²) in [5.41, 5.74) is 2.88. The second kappa shape index (κ2) is 4.01. The first kappa shape index (κ1) is 9.53. The molecule has 2 heteroatoms. The molecule has 1 aliphatic heterocycles. The van der Waals surface area contributed by atoms with Gasteiger partial charge in [0.15, 0.2) is 0 Å². The molecular weight excluding hydrogens is 172 g/mol. The summed E-state index contributed by atoms with van der Waals surface area (Å²) in [6, 6.07) is 9.38. The smallest absolute Gasteiger partial charge is 0.0418 e. The molecule has 1 aromatic rings. The maximum absolute atomic E-state index is 3.30. The van der Waals surface area contributed by atoms with E-state index in [0.29, 0.717) is 6.04 Å². The van der Waals surface area contributed by atoms with Crippen molar-refractivity contribution in [3.63, 3.8) is 0 Å². The molecule has 1 N–H and O–H groups in total. The zero-order valence-corrected chi connectivity index (χ0v) is 8.96. The van der Waals surface area contributed by atoms with E-state index in [4.69, 9.17) is 0 Å². The predicted molar refractivity (Wildman–Crippen MR) is 60.9 cm³/mol. The van der Waals surface area contributed by atoms with Crippen molar-refractivity contribution in [1.82, 2.24) is 5.32 Å². The highest BCUT2D eigenvalue weighted by molar-refractivity contribution is 5.56. The highest BCUT2D eigenvalue weighted by Gasteiger charge is 2.25. The summed E-state index contributed by atoms with van der Waals surface area (Å²) in [5.74, 6) is 0.